The van der Waals surface area contributed by atoms with Crippen LogP contribution in [0.2, 0.25) is 0 Å². The van der Waals surface area contributed by atoms with Crippen molar-refractivity contribution in [2.45, 2.75) is 24.7 Å². The molecule has 0 unspecified atom stereocenters. The Labute approximate surface area is 196 Å². The van der Waals surface area contributed by atoms with E-state index in [9.17, 15) is 18.0 Å². The van der Waals surface area contributed by atoms with Gasteiger partial charge < -0.3 is 15.6 Å². The van der Waals surface area contributed by atoms with Crippen molar-refractivity contribution in [2.75, 3.05) is 17.3 Å². The number of para-hydroxylation sites is 1. The van der Waals surface area contributed by atoms with Crippen LogP contribution in [0.3, 0.4) is 0 Å². The summed E-state index contributed by atoms with van der Waals surface area (Å²) in [6.45, 7) is 1.55. The standard InChI is InChI=1S/C22H19F3N6O2S/c1-12-7-9-13(10-8-12)19-28-20(33-30-19)17-18(26)31(29-21(17)34-2)11-16(32)27-15-6-4-3-5-14(15)22(23,24)25/h3-10H,11,26H2,1-2H3,(H,27,32). The SMILES string of the molecule is CSc1nn(CC(=O)Nc2ccccc2C(F)(F)F)c(N)c1-c1nc(-c2ccc(C)cc2)no1. The summed E-state index contributed by atoms with van der Waals surface area (Å²) in [5.41, 5.74) is 7.10. The van der Waals surface area contributed by atoms with E-state index in [0.717, 1.165) is 17.2 Å². The minimum absolute atomic E-state index is 0.0720. The molecular weight excluding hydrogens is 469 g/mol. The highest BCUT2D eigenvalue weighted by Crippen LogP contribution is 2.36. The molecule has 0 spiro atoms. The number of carbonyl (C=O) groups is 1. The van der Waals surface area contributed by atoms with Gasteiger partial charge in [0, 0.05) is 5.56 Å². The van der Waals surface area contributed by atoms with Crippen molar-refractivity contribution in [2.24, 2.45) is 0 Å². The zero-order chi connectivity index (χ0) is 24.5. The molecule has 0 aliphatic carbocycles. The second-order valence-electron chi connectivity index (χ2n) is 7.31. The van der Waals surface area contributed by atoms with Crippen LogP contribution in [-0.2, 0) is 17.5 Å². The minimum Gasteiger partial charge on any atom is -0.383 e. The Morgan fingerprint density at radius 3 is 2.56 bits per heavy atom. The third-order valence-electron chi connectivity index (χ3n) is 4.90. The molecule has 176 valence electrons. The summed E-state index contributed by atoms with van der Waals surface area (Å²) in [6, 6.07) is 12.3. The smallest absolute Gasteiger partial charge is 0.383 e. The highest BCUT2D eigenvalue weighted by atomic mass is 32.2. The maximum absolute atomic E-state index is 13.2. The third kappa shape index (κ3) is 4.76. The molecule has 0 atom stereocenters. The predicted molar refractivity (Wildman–Crippen MR) is 122 cm³/mol. The first-order chi connectivity index (χ1) is 16.2. The van der Waals surface area contributed by atoms with Crippen molar-refractivity contribution in [1.82, 2.24) is 19.9 Å². The van der Waals surface area contributed by atoms with E-state index in [-0.39, 0.29) is 17.4 Å². The van der Waals surface area contributed by atoms with Gasteiger partial charge in [-0.3, -0.25) is 4.79 Å². The average molecular weight is 488 g/mol. The molecule has 34 heavy (non-hydrogen) atoms. The Balaban J connectivity index is 1.59. The van der Waals surface area contributed by atoms with Gasteiger partial charge in [0.25, 0.3) is 5.89 Å². The molecule has 1 amide bonds. The topological polar surface area (TPSA) is 112 Å². The van der Waals surface area contributed by atoms with Crippen molar-refractivity contribution in [3.63, 3.8) is 0 Å². The molecule has 2 heterocycles. The van der Waals surface area contributed by atoms with E-state index >= 15 is 0 Å². The van der Waals surface area contributed by atoms with Gasteiger partial charge in [0.15, 0.2) is 0 Å². The summed E-state index contributed by atoms with van der Waals surface area (Å²) in [5.74, 6) is -0.180. The number of aryl methyl sites for hydroxylation is 1. The van der Waals surface area contributed by atoms with Crippen LogP contribution in [0.5, 0.6) is 0 Å². The van der Waals surface area contributed by atoms with E-state index in [0.29, 0.717) is 16.4 Å². The van der Waals surface area contributed by atoms with E-state index in [2.05, 4.69) is 20.6 Å². The number of amides is 1. The number of nitrogen functional groups attached to an aromatic ring is 1. The highest BCUT2D eigenvalue weighted by Gasteiger charge is 2.33. The fraction of sp³-hybridized carbons (Fsp3) is 0.182. The normalized spacial score (nSPS) is 11.6. The van der Waals surface area contributed by atoms with Gasteiger partial charge in [-0.25, -0.2) is 4.68 Å². The number of hydrogen-bond donors (Lipinski definition) is 2. The molecule has 4 aromatic rings. The zero-order valence-electron chi connectivity index (χ0n) is 18.1. The van der Waals surface area contributed by atoms with E-state index < -0.39 is 24.2 Å². The van der Waals surface area contributed by atoms with E-state index in [4.69, 9.17) is 10.3 Å². The Morgan fingerprint density at radius 1 is 1.18 bits per heavy atom. The number of alkyl halides is 3. The van der Waals surface area contributed by atoms with Gasteiger partial charge in [-0.15, -0.1) is 11.8 Å². The maximum Gasteiger partial charge on any atom is 0.418 e. The Kier molecular flexibility index (Phi) is 6.33. The molecule has 8 nitrogen and oxygen atoms in total. The Hall–Kier alpha value is -3.80. The number of rotatable bonds is 6. The first kappa shape index (κ1) is 23.4. The van der Waals surface area contributed by atoms with Gasteiger partial charge in [0.1, 0.15) is 23.0 Å². The lowest BCUT2D eigenvalue weighted by Gasteiger charge is -2.13. The van der Waals surface area contributed by atoms with Gasteiger partial charge in [0.2, 0.25) is 11.7 Å². The number of thioether (sulfide) groups is 1. The third-order valence-corrected chi connectivity index (χ3v) is 5.58. The molecule has 0 bridgehead atoms. The molecule has 0 saturated carbocycles. The van der Waals surface area contributed by atoms with Crippen LogP contribution in [0.15, 0.2) is 58.1 Å². The molecule has 2 aromatic carbocycles. The molecule has 0 radical (unpaired) electrons. The number of halogens is 3. The Bertz CT molecular complexity index is 1330. The average Bonchev–Trinajstić information content (AvgIpc) is 3.38. The number of nitrogens with two attached hydrogens (primary N) is 1. The monoisotopic (exact) mass is 488 g/mol. The lowest BCUT2D eigenvalue weighted by Crippen LogP contribution is -2.22. The van der Waals surface area contributed by atoms with E-state index in [1.165, 1.54) is 34.6 Å². The first-order valence-corrected chi connectivity index (χ1v) is 11.2. The van der Waals surface area contributed by atoms with Gasteiger partial charge in [0.05, 0.1) is 11.3 Å². The zero-order valence-corrected chi connectivity index (χ0v) is 18.9. The lowest BCUT2D eigenvalue weighted by molar-refractivity contribution is -0.137. The van der Waals surface area contributed by atoms with Crippen molar-refractivity contribution in [1.29, 1.82) is 0 Å². The predicted octanol–water partition coefficient (Wildman–Crippen LogP) is 4.87. The summed E-state index contributed by atoms with van der Waals surface area (Å²) >= 11 is 1.25. The number of hydrogen-bond acceptors (Lipinski definition) is 7. The number of benzene rings is 2. The van der Waals surface area contributed by atoms with E-state index in [1.54, 1.807) is 6.26 Å². The van der Waals surface area contributed by atoms with Crippen LogP contribution in [-0.4, -0.2) is 32.1 Å². The second kappa shape index (κ2) is 9.21. The van der Waals surface area contributed by atoms with Crippen LogP contribution in [0.1, 0.15) is 11.1 Å². The van der Waals surface area contributed by atoms with Gasteiger partial charge >= 0.3 is 6.18 Å². The van der Waals surface area contributed by atoms with Crippen LogP contribution in [0.25, 0.3) is 22.8 Å². The molecule has 0 aliphatic rings. The fourth-order valence-corrected chi connectivity index (χ4v) is 3.80. The van der Waals surface area contributed by atoms with E-state index in [1.807, 2.05) is 31.2 Å². The highest BCUT2D eigenvalue weighted by molar-refractivity contribution is 7.98. The second-order valence-corrected chi connectivity index (χ2v) is 8.10. The van der Waals surface area contributed by atoms with Crippen LogP contribution >= 0.6 is 11.8 Å². The summed E-state index contributed by atoms with van der Waals surface area (Å²) in [4.78, 5) is 16.9. The van der Waals surface area contributed by atoms with Crippen LogP contribution < -0.4 is 11.1 Å². The fourth-order valence-electron chi connectivity index (χ4n) is 3.23. The molecule has 12 heteroatoms. The van der Waals surface area contributed by atoms with Crippen LogP contribution in [0.4, 0.5) is 24.7 Å². The Morgan fingerprint density at radius 2 is 1.88 bits per heavy atom. The van der Waals surface area contributed by atoms with Crippen molar-refractivity contribution >= 4 is 29.2 Å². The minimum atomic E-state index is -4.61. The van der Waals surface area contributed by atoms with Crippen LogP contribution in [0, 0.1) is 6.92 Å². The van der Waals surface area contributed by atoms with Crippen molar-refractivity contribution < 1.29 is 22.5 Å². The van der Waals surface area contributed by atoms with Gasteiger partial charge in [-0.1, -0.05) is 47.1 Å². The number of carbonyl (C=O) groups excluding carboxylic acids is 1. The summed E-state index contributed by atoms with van der Waals surface area (Å²) in [6.07, 6.45) is -2.85. The molecule has 0 fully saturated rings. The molecular formula is C22H19F3N6O2S. The van der Waals surface area contributed by atoms with Crippen molar-refractivity contribution in [3.8, 4) is 22.8 Å². The van der Waals surface area contributed by atoms with Gasteiger partial charge in [-0.2, -0.15) is 23.3 Å². The summed E-state index contributed by atoms with van der Waals surface area (Å²) in [5, 5.41) is 11.0. The number of aromatic nitrogens is 4. The lowest BCUT2D eigenvalue weighted by atomic mass is 10.1. The molecule has 2 aromatic heterocycles. The molecule has 0 saturated heterocycles. The number of nitrogens with zero attached hydrogens (tertiary/aromatic N) is 4. The number of anilines is 2. The quantitative estimate of drug-likeness (QED) is 0.373. The maximum atomic E-state index is 13.2. The first-order valence-electron chi connectivity index (χ1n) is 9.95. The molecule has 3 N–H and O–H groups in total. The van der Waals surface area contributed by atoms with Gasteiger partial charge in [-0.05, 0) is 25.3 Å². The summed E-state index contributed by atoms with van der Waals surface area (Å²) < 4.78 is 46.2. The number of nitrogens with one attached hydrogen (secondary N) is 1. The summed E-state index contributed by atoms with van der Waals surface area (Å²) in [7, 11) is 0. The molecule has 4 rings (SSSR count). The van der Waals surface area contributed by atoms with Crippen molar-refractivity contribution in [3.05, 3.63) is 59.7 Å². The largest absolute Gasteiger partial charge is 0.418 e. The molecule has 0 aliphatic heterocycles.